The van der Waals surface area contributed by atoms with Gasteiger partial charge in [-0.2, -0.15) is 4.72 Å². The third-order valence-electron chi connectivity index (χ3n) is 1.31. The quantitative estimate of drug-likeness (QED) is 0.510. The summed E-state index contributed by atoms with van der Waals surface area (Å²) in [5.74, 6) is 0.690. The monoisotopic (exact) mass is 219 g/mol. The van der Waals surface area contributed by atoms with Crippen molar-refractivity contribution in [2.75, 3.05) is 12.9 Å². The van der Waals surface area contributed by atoms with E-state index in [0.717, 1.165) is 7.11 Å². The molecule has 0 spiro atoms. The highest BCUT2D eigenvalue weighted by Gasteiger charge is 2.25. The third kappa shape index (κ3) is 4.84. The first kappa shape index (κ1) is 12.9. The highest BCUT2D eigenvalue weighted by atomic mass is 32.2. The Morgan fingerprint density at radius 3 is 2.43 bits per heavy atom. The largest absolute Gasteiger partial charge is 0.468 e. The van der Waals surface area contributed by atoms with Crippen LogP contribution in [0.4, 0.5) is 0 Å². The molecular weight excluding hydrogens is 206 g/mol. The van der Waals surface area contributed by atoms with Gasteiger partial charge in [-0.15, -0.1) is 6.42 Å². The van der Waals surface area contributed by atoms with Gasteiger partial charge in [-0.3, -0.25) is 4.79 Å². The van der Waals surface area contributed by atoms with Gasteiger partial charge in [-0.05, 0) is 13.8 Å². The van der Waals surface area contributed by atoms with Gasteiger partial charge in [0.15, 0.2) is 5.75 Å². The molecule has 0 rings (SSSR count). The van der Waals surface area contributed by atoms with Crippen molar-refractivity contribution in [2.45, 2.75) is 19.4 Å². The molecule has 0 saturated carbocycles. The molecule has 0 aromatic carbocycles. The zero-order chi connectivity index (χ0) is 11.4. The van der Waals surface area contributed by atoms with Gasteiger partial charge in [0.25, 0.3) is 0 Å². The number of rotatable bonds is 4. The van der Waals surface area contributed by atoms with Crippen LogP contribution >= 0.6 is 0 Å². The molecule has 0 fully saturated rings. The summed E-state index contributed by atoms with van der Waals surface area (Å²) in [6, 6.07) is 0. The average Bonchev–Trinajstić information content (AvgIpc) is 2.01. The fourth-order valence-electron chi connectivity index (χ4n) is 0.668. The predicted molar refractivity (Wildman–Crippen MR) is 51.9 cm³/mol. The number of carbonyl (C=O) groups is 1. The van der Waals surface area contributed by atoms with E-state index in [1.165, 1.54) is 13.8 Å². The fourth-order valence-corrected chi connectivity index (χ4v) is 2.01. The number of esters is 1. The van der Waals surface area contributed by atoms with E-state index >= 15 is 0 Å². The summed E-state index contributed by atoms with van der Waals surface area (Å²) in [7, 11) is -2.61. The van der Waals surface area contributed by atoms with Gasteiger partial charge < -0.3 is 4.74 Å². The lowest BCUT2D eigenvalue weighted by atomic mass is 10.1. The Morgan fingerprint density at radius 2 is 2.07 bits per heavy atom. The van der Waals surface area contributed by atoms with Crippen molar-refractivity contribution in [1.82, 2.24) is 4.72 Å². The minimum Gasteiger partial charge on any atom is -0.468 e. The molecule has 0 bridgehead atoms. The van der Waals surface area contributed by atoms with E-state index < -0.39 is 27.3 Å². The first-order valence-corrected chi connectivity index (χ1v) is 5.44. The number of nitrogens with one attached hydrogen (secondary N) is 1. The maximum atomic E-state index is 11.3. The topological polar surface area (TPSA) is 72.5 Å². The second-order valence-electron chi connectivity index (χ2n) is 3.21. The van der Waals surface area contributed by atoms with Gasteiger partial charge >= 0.3 is 5.97 Å². The first-order chi connectivity index (χ1) is 6.22. The molecular formula is C8H13NO4S. The lowest BCUT2D eigenvalue weighted by Crippen LogP contribution is -2.44. The second-order valence-corrected chi connectivity index (χ2v) is 4.93. The second kappa shape index (κ2) is 4.44. The summed E-state index contributed by atoms with van der Waals surface area (Å²) < 4.78 is 28.9. The van der Waals surface area contributed by atoms with Crippen molar-refractivity contribution in [1.29, 1.82) is 0 Å². The zero-order valence-corrected chi connectivity index (χ0v) is 9.14. The van der Waals surface area contributed by atoms with Crippen molar-refractivity contribution >= 4 is 16.0 Å². The SMILES string of the molecule is C#CC(C)(C)NS(=O)(=O)CC(=O)OC. The van der Waals surface area contributed by atoms with Crippen LogP contribution in [0.2, 0.25) is 0 Å². The first-order valence-electron chi connectivity index (χ1n) is 3.78. The van der Waals surface area contributed by atoms with Crippen molar-refractivity contribution in [3.05, 3.63) is 0 Å². The third-order valence-corrected chi connectivity index (χ3v) is 2.74. The van der Waals surface area contributed by atoms with Crippen molar-refractivity contribution in [2.24, 2.45) is 0 Å². The van der Waals surface area contributed by atoms with Crippen molar-refractivity contribution in [3.63, 3.8) is 0 Å². The minimum absolute atomic E-state index is 0.728. The molecule has 0 saturated heterocycles. The van der Waals surface area contributed by atoms with Crippen LogP contribution in [0.3, 0.4) is 0 Å². The maximum absolute atomic E-state index is 11.3. The van der Waals surface area contributed by atoms with E-state index in [2.05, 4.69) is 15.4 Å². The molecule has 0 aliphatic carbocycles. The van der Waals surface area contributed by atoms with Crippen LogP contribution in [0.25, 0.3) is 0 Å². The predicted octanol–water partition coefficient (Wildman–Crippen LogP) is -0.509. The number of hydrogen-bond acceptors (Lipinski definition) is 4. The van der Waals surface area contributed by atoms with Crippen LogP contribution in [0.15, 0.2) is 0 Å². The summed E-state index contributed by atoms with van der Waals surface area (Å²) in [4.78, 5) is 10.7. The molecule has 0 aromatic rings. The number of ether oxygens (including phenoxy) is 1. The molecule has 80 valence electrons. The van der Waals surface area contributed by atoms with Crippen molar-refractivity contribution < 1.29 is 17.9 Å². The maximum Gasteiger partial charge on any atom is 0.322 e. The van der Waals surface area contributed by atoms with Crippen LogP contribution < -0.4 is 4.72 Å². The van der Waals surface area contributed by atoms with Crippen LogP contribution in [-0.2, 0) is 19.6 Å². The van der Waals surface area contributed by atoms with E-state index in [4.69, 9.17) is 6.42 Å². The summed E-state index contributed by atoms with van der Waals surface area (Å²) in [6.07, 6.45) is 5.08. The van der Waals surface area contributed by atoms with Crippen LogP contribution in [0, 0.1) is 12.3 Å². The Labute approximate surface area is 83.9 Å². The molecule has 0 atom stereocenters. The summed E-state index contributed by atoms with van der Waals surface area (Å²) in [5, 5.41) is 0. The van der Waals surface area contributed by atoms with Gasteiger partial charge in [-0.1, -0.05) is 5.92 Å². The summed E-state index contributed by atoms with van der Waals surface area (Å²) in [6.45, 7) is 3.03. The molecule has 0 heterocycles. The Bertz CT molecular complexity index is 350. The van der Waals surface area contributed by atoms with Crippen LogP contribution in [0.5, 0.6) is 0 Å². The van der Waals surface area contributed by atoms with Gasteiger partial charge in [0.1, 0.15) is 0 Å². The number of terminal acetylenes is 1. The van der Waals surface area contributed by atoms with Gasteiger partial charge in [-0.25, -0.2) is 8.42 Å². The highest BCUT2D eigenvalue weighted by molar-refractivity contribution is 7.90. The molecule has 1 N–H and O–H groups in total. The molecule has 0 aromatic heterocycles. The summed E-state index contributed by atoms with van der Waals surface area (Å²) >= 11 is 0. The van der Waals surface area contributed by atoms with Crippen molar-refractivity contribution in [3.8, 4) is 12.3 Å². The van der Waals surface area contributed by atoms with E-state index in [1.807, 2.05) is 0 Å². The Balaban J connectivity index is 4.54. The Kier molecular flexibility index (Phi) is 4.10. The highest BCUT2D eigenvalue weighted by Crippen LogP contribution is 2.02. The number of hydrogen-bond donors (Lipinski definition) is 1. The number of carbonyl (C=O) groups excluding carboxylic acids is 1. The number of sulfonamides is 1. The van der Waals surface area contributed by atoms with Crippen LogP contribution in [-0.4, -0.2) is 32.8 Å². The molecule has 0 amide bonds. The molecule has 0 aliphatic rings. The lowest BCUT2D eigenvalue weighted by molar-refractivity contribution is -0.137. The van der Waals surface area contributed by atoms with Crippen LogP contribution in [0.1, 0.15) is 13.8 Å². The average molecular weight is 219 g/mol. The fraction of sp³-hybridized carbons (Fsp3) is 0.625. The molecule has 0 aliphatic heterocycles. The standard InChI is InChI=1S/C8H13NO4S/c1-5-8(2,3)9-14(11,12)6-7(10)13-4/h1,9H,6H2,2-4H3. The number of methoxy groups -OCH3 is 1. The Morgan fingerprint density at radius 1 is 1.57 bits per heavy atom. The Hall–Kier alpha value is -1.06. The summed E-state index contributed by atoms with van der Waals surface area (Å²) in [5.41, 5.74) is -1.01. The molecule has 0 radical (unpaired) electrons. The molecule has 0 unspecified atom stereocenters. The molecule has 14 heavy (non-hydrogen) atoms. The van der Waals surface area contributed by atoms with Gasteiger partial charge in [0, 0.05) is 0 Å². The minimum atomic E-state index is -3.73. The zero-order valence-electron chi connectivity index (χ0n) is 8.33. The normalized spacial score (nSPS) is 11.9. The lowest BCUT2D eigenvalue weighted by Gasteiger charge is -2.18. The van der Waals surface area contributed by atoms with E-state index in [9.17, 15) is 13.2 Å². The van der Waals surface area contributed by atoms with E-state index in [1.54, 1.807) is 0 Å². The van der Waals surface area contributed by atoms with E-state index in [-0.39, 0.29) is 0 Å². The molecule has 6 heteroatoms. The smallest absolute Gasteiger partial charge is 0.322 e. The van der Waals surface area contributed by atoms with Gasteiger partial charge in [0.2, 0.25) is 10.0 Å². The molecule has 5 nitrogen and oxygen atoms in total. The van der Waals surface area contributed by atoms with E-state index in [0.29, 0.717) is 0 Å². The van der Waals surface area contributed by atoms with Gasteiger partial charge in [0.05, 0.1) is 12.6 Å².